The summed E-state index contributed by atoms with van der Waals surface area (Å²) in [4.78, 5) is 21.6. The second-order valence-electron chi connectivity index (χ2n) is 4.46. The molecular formula is C13H12F5NO4. The first-order valence-electron chi connectivity index (χ1n) is 6.19. The summed E-state index contributed by atoms with van der Waals surface area (Å²) < 4.78 is 68.0. The first-order chi connectivity index (χ1) is 10.6. The minimum absolute atomic E-state index is 0.254. The van der Waals surface area contributed by atoms with Gasteiger partial charge in [-0.2, -0.15) is 17.6 Å². The number of nitrogens with one attached hydrogen (secondary N) is 1. The molecule has 0 radical (unpaired) electrons. The maximum absolute atomic E-state index is 13.7. The van der Waals surface area contributed by atoms with Gasteiger partial charge in [0, 0.05) is 0 Å². The predicted octanol–water partition coefficient (Wildman–Crippen LogP) is 2.04. The molecule has 0 aliphatic heterocycles. The highest BCUT2D eigenvalue weighted by Gasteiger charge is 2.40. The summed E-state index contributed by atoms with van der Waals surface area (Å²) in [7, 11) is 1.12. The molecule has 23 heavy (non-hydrogen) atoms. The average Bonchev–Trinajstić information content (AvgIpc) is 2.45. The standard InChI is InChI=1S/C13H12F5NO4/c1-23-8-5-3-6(9(14)10(8)15)2-4-7(11(20)21)19-12(22)13(16,17)18/h3,5,7H,2,4H2,1H3,(H,19,22)(H,20,21)/t7-/m1/s1. The van der Waals surface area contributed by atoms with Gasteiger partial charge >= 0.3 is 18.1 Å². The largest absolute Gasteiger partial charge is 0.494 e. The highest BCUT2D eigenvalue weighted by molar-refractivity contribution is 5.86. The van der Waals surface area contributed by atoms with Crippen LogP contribution in [0.1, 0.15) is 12.0 Å². The second kappa shape index (κ2) is 7.25. The Morgan fingerprint density at radius 1 is 1.26 bits per heavy atom. The van der Waals surface area contributed by atoms with Gasteiger partial charge in [-0.3, -0.25) is 4.79 Å². The molecule has 0 unspecified atom stereocenters. The van der Waals surface area contributed by atoms with E-state index < -0.39 is 48.6 Å². The van der Waals surface area contributed by atoms with Crippen molar-refractivity contribution >= 4 is 11.9 Å². The third-order valence-electron chi connectivity index (χ3n) is 2.91. The lowest BCUT2D eigenvalue weighted by Crippen LogP contribution is -2.47. The van der Waals surface area contributed by atoms with E-state index >= 15 is 0 Å². The monoisotopic (exact) mass is 341 g/mol. The molecule has 1 amide bonds. The Morgan fingerprint density at radius 3 is 2.35 bits per heavy atom. The van der Waals surface area contributed by atoms with Crippen molar-refractivity contribution in [2.45, 2.75) is 25.1 Å². The number of aryl methyl sites for hydroxylation is 1. The minimum Gasteiger partial charge on any atom is -0.494 e. The molecule has 5 nitrogen and oxygen atoms in total. The van der Waals surface area contributed by atoms with E-state index in [1.165, 1.54) is 5.32 Å². The number of carboxylic acids is 1. The van der Waals surface area contributed by atoms with Crippen LogP contribution in [-0.4, -0.2) is 36.3 Å². The van der Waals surface area contributed by atoms with Crippen LogP contribution in [0, 0.1) is 11.6 Å². The number of carbonyl (C=O) groups is 2. The van der Waals surface area contributed by atoms with Crippen LogP contribution in [0.3, 0.4) is 0 Å². The van der Waals surface area contributed by atoms with Crippen molar-refractivity contribution in [2.24, 2.45) is 0 Å². The van der Waals surface area contributed by atoms with Gasteiger partial charge in [0.1, 0.15) is 6.04 Å². The molecule has 0 heterocycles. The maximum atomic E-state index is 13.7. The molecule has 1 atom stereocenters. The predicted molar refractivity (Wildman–Crippen MR) is 66.9 cm³/mol. The Kier molecular flexibility index (Phi) is 5.88. The zero-order valence-electron chi connectivity index (χ0n) is 11.7. The van der Waals surface area contributed by atoms with Crippen molar-refractivity contribution in [1.82, 2.24) is 5.32 Å². The number of benzene rings is 1. The zero-order valence-corrected chi connectivity index (χ0v) is 11.7. The molecule has 0 spiro atoms. The third-order valence-corrected chi connectivity index (χ3v) is 2.91. The van der Waals surface area contributed by atoms with Gasteiger partial charge in [-0.15, -0.1) is 0 Å². The molecule has 0 aliphatic carbocycles. The lowest BCUT2D eigenvalue weighted by atomic mass is 10.0. The van der Waals surface area contributed by atoms with Crippen molar-refractivity contribution < 1.29 is 41.4 Å². The van der Waals surface area contributed by atoms with Crippen LogP contribution in [0.25, 0.3) is 0 Å². The molecule has 2 N–H and O–H groups in total. The van der Waals surface area contributed by atoms with Crippen molar-refractivity contribution in [2.75, 3.05) is 7.11 Å². The van der Waals surface area contributed by atoms with Gasteiger partial charge in [0.05, 0.1) is 7.11 Å². The summed E-state index contributed by atoms with van der Waals surface area (Å²) in [5.74, 6) is -7.11. The maximum Gasteiger partial charge on any atom is 0.471 e. The SMILES string of the molecule is COc1ccc(CC[C@@H](NC(=O)C(F)(F)F)C(=O)O)c(F)c1F. The summed E-state index contributed by atoms with van der Waals surface area (Å²) in [6, 6.07) is 0.313. The lowest BCUT2D eigenvalue weighted by Gasteiger charge is -2.16. The number of halogens is 5. The number of rotatable bonds is 6. The van der Waals surface area contributed by atoms with E-state index in [0.29, 0.717) is 0 Å². The minimum atomic E-state index is -5.24. The molecule has 10 heteroatoms. The lowest BCUT2D eigenvalue weighted by molar-refractivity contribution is -0.175. The van der Waals surface area contributed by atoms with Crippen LogP contribution in [0.4, 0.5) is 22.0 Å². The van der Waals surface area contributed by atoms with Crippen LogP contribution >= 0.6 is 0 Å². The molecule has 0 saturated heterocycles. The molecular weight excluding hydrogens is 329 g/mol. The number of hydrogen-bond donors (Lipinski definition) is 2. The number of hydrogen-bond acceptors (Lipinski definition) is 3. The van der Waals surface area contributed by atoms with Crippen LogP contribution in [-0.2, 0) is 16.0 Å². The van der Waals surface area contributed by atoms with Crippen molar-refractivity contribution in [1.29, 1.82) is 0 Å². The Morgan fingerprint density at radius 2 is 1.87 bits per heavy atom. The molecule has 0 aliphatic rings. The number of amides is 1. The Hall–Kier alpha value is -2.39. The van der Waals surface area contributed by atoms with Crippen LogP contribution in [0.2, 0.25) is 0 Å². The Balaban J connectivity index is 2.83. The quantitative estimate of drug-likeness (QED) is 0.777. The average molecular weight is 341 g/mol. The molecule has 128 valence electrons. The van der Waals surface area contributed by atoms with E-state index in [2.05, 4.69) is 4.74 Å². The molecule has 1 aromatic carbocycles. The van der Waals surface area contributed by atoms with Crippen LogP contribution in [0.15, 0.2) is 12.1 Å². The van der Waals surface area contributed by atoms with E-state index in [4.69, 9.17) is 5.11 Å². The topological polar surface area (TPSA) is 75.6 Å². The molecule has 1 rings (SSSR count). The fraction of sp³-hybridized carbons (Fsp3) is 0.385. The first-order valence-corrected chi connectivity index (χ1v) is 6.19. The van der Waals surface area contributed by atoms with E-state index in [-0.39, 0.29) is 11.3 Å². The highest BCUT2D eigenvalue weighted by atomic mass is 19.4. The fourth-order valence-electron chi connectivity index (χ4n) is 1.72. The number of carbonyl (C=O) groups excluding carboxylic acids is 1. The molecule has 1 aromatic rings. The smallest absolute Gasteiger partial charge is 0.471 e. The van der Waals surface area contributed by atoms with Crippen molar-refractivity contribution in [3.05, 3.63) is 29.3 Å². The number of aliphatic carboxylic acids is 1. The summed E-state index contributed by atoms with van der Waals surface area (Å²) >= 11 is 0. The van der Waals surface area contributed by atoms with Gasteiger partial charge in [-0.1, -0.05) is 6.07 Å². The molecule has 0 bridgehead atoms. The van der Waals surface area contributed by atoms with Crippen LogP contribution < -0.4 is 10.1 Å². The highest BCUT2D eigenvalue weighted by Crippen LogP contribution is 2.23. The summed E-state index contributed by atoms with van der Waals surface area (Å²) in [6.07, 6.45) is -6.20. The first kappa shape index (κ1) is 18.7. The summed E-state index contributed by atoms with van der Waals surface area (Å²) in [5.41, 5.74) is -0.254. The summed E-state index contributed by atoms with van der Waals surface area (Å²) in [6.45, 7) is 0. The van der Waals surface area contributed by atoms with Gasteiger partial charge in [0.15, 0.2) is 11.6 Å². The van der Waals surface area contributed by atoms with Gasteiger partial charge in [-0.05, 0) is 24.5 Å². The molecule has 0 saturated carbocycles. The molecule has 0 aromatic heterocycles. The fourth-order valence-corrected chi connectivity index (χ4v) is 1.72. The van der Waals surface area contributed by atoms with Gasteiger partial charge in [0.2, 0.25) is 5.82 Å². The number of carboxylic acid groups (broad SMARTS) is 1. The van der Waals surface area contributed by atoms with Gasteiger partial charge in [-0.25, -0.2) is 9.18 Å². The Bertz CT molecular complexity index is 603. The Labute approximate surface area is 127 Å². The van der Waals surface area contributed by atoms with Crippen molar-refractivity contribution in [3.63, 3.8) is 0 Å². The summed E-state index contributed by atoms with van der Waals surface area (Å²) in [5, 5.41) is 10.1. The normalized spacial score (nSPS) is 12.6. The van der Waals surface area contributed by atoms with Crippen molar-refractivity contribution in [3.8, 4) is 5.75 Å². The van der Waals surface area contributed by atoms with E-state index in [1.54, 1.807) is 0 Å². The van der Waals surface area contributed by atoms with Crippen LogP contribution in [0.5, 0.6) is 5.75 Å². The van der Waals surface area contributed by atoms with Gasteiger partial charge in [0.25, 0.3) is 0 Å². The van der Waals surface area contributed by atoms with E-state index in [9.17, 15) is 31.5 Å². The van der Waals surface area contributed by atoms with E-state index in [1.807, 2.05) is 0 Å². The van der Waals surface area contributed by atoms with E-state index in [0.717, 1.165) is 19.2 Å². The number of methoxy groups -OCH3 is 1. The number of alkyl halides is 3. The van der Waals surface area contributed by atoms with Gasteiger partial charge < -0.3 is 15.2 Å². The second-order valence-corrected chi connectivity index (χ2v) is 4.46. The number of ether oxygens (including phenoxy) is 1. The molecule has 0 fully saturated rings. The zero-order chi connectivity index (χ0) is 17.8. The third kappa shape index (κ3) is 4.80.